The van der Waals surface area contributed by atoms with Gasteiger partial charge in [0.1, 0.15) is 6.29 Å². The molecule has 0 amide bonds. The third-order valence-corrected chi connectivity index (χ3v) is 6.50. The number of benzene rings is 1. The Kier molecular flexibility index (Phi) is 5.47. The van der Waals surface area contributed by atoms with Gasteiger partial charge in [0.15, 0.2) is 19.7 Å². The lowest BCUT2D eigenvalue weighted by Crippen LogP contribution is -2.11. The van der Waals surface area contributed by atoms with Gasteiger partial charge < -0.3 is 0 Å². The van der Waals surface area contributed by atoms with Crippen LogP contribution in [0.3, 0.4) is 0 Å². The second-order valence-corrected chi connectivity index (χ2v) is 8.71. The minimum atomic E-state index is -3.56. The van der Waals surface area contributed by atoms with Crippen molar-refractivity contribution in [1.29, 1.82) is 0 Å². The van der Waals surface area contributed by atoms with E-state index >= 15 is 0 Å². The van der Waals surface area contributed by atoms with E-state index < -0.39 is 19.7 Å². The van der Waals surface area contributed by atoms with Crippen LogP contribution in [-0.4, -0.2) is 34.6 Å². The van der Waals surface area contributed by atoms with Gasteiger partial charge in [-0.25, -0.2) is 16.8 Å². The lowest BCUT2D eigenvalue weighted by molar-refractivity contribution is 0.112. The summed E-state index contributed by atoms with van der Waals surface area (Å²) in [5, 5.41) is 0. The normalized spacial score (nSPS) is 12.3. The standard InChI is InChI=1S/C13H18O5S2/c1-3-5-19(15,16)12-7-11(10-14)8-13(9-12)20(17,18)6-4-2/h7-10H,3-6H2,1-2H3. The van der Waals surface area contributed by atoms with Crippen molar-refractivity contribution < 1.29 is 21.6 Å². The monoisotopic (exact) mass is 318 g/mol. The van der Waals surface area contributed by atoms with Crippen LogP contribution < -0.4 is 0 Å². The number of sulfone groups is 2. The quantitative estimate of drug-likeness (QED) is 0.716. The van der Waals surface area contributed by atoms with Crippen LogP contribution in [0.25, 0.3) is 0 Å². The molecule has 0 aromatic heterocycles. The van der Waals surface area contributed by atoms with Gasteiger partial charge in [0.05, 0.1) is 21.3 Å². The Balaban J connectivity index is 3.48. The molecule has 0 N–H and O–H groups in total. The number of aldehydes is 1. The molecule has 0 unspecified atom stereocenters. The van der Waals surface area contributed by atoms with E-state index in [9.17, 15) is 21.6 Å². The number of rotatable bonds is 7. The van der Waals surface area contributed by atoms with Crippen LogP contribution in [0, 0.1) is 0 Å². The van der Waals surface area contributed by atoms with Gasteiger partial charge in [-0.2, -0.15) is 0 Å². The van der Waals surface area contributed by atoms with Crippen molar-refractivity contribution in [2.75, 3.05) is 11.5 Å². The smallest absolute Gasteiger partial charge is 0.178 e. The summed E-state index contributed by atoms with van der Waals surface area (Å²) in [6.07, 6.45) is 1.30. The molecule has 112 valence electrons. The molecule has 0 spiro atoms. The third kappa shape index (κ3) is 3.89. The second kappa shape index (κ2) is 6.49. The van der Waals surface area contributed by atoms with E-state index in [4.69, 9.17) is 0 Å². The minimum absolute atomic E-state index is 0.0526. The van der Waals surface area contributed by atoms with Gasteiger partial charge in [-0.3, -0.25) is 4.79 Å². The highest BCUT2D eigenvalue weighted by Crippen LogP contribution is 2.21. The van der Waals surface area contributed by atoms with Crippen molar-refractivity contribution >= 4 is 26.0 Å². The van der Waals surface area contributed by atoms with Crippen LogP contribution in [0.15, 0.2) is 28.0 Å². The lowest BCUT2D eigenvalue weighted by atomic mass is 10.2. The Morgan fingerprint density at radius 2 is 1.25 bits per heavy atom. The van der Waals surface area contributed by atoms with Crippen molar-refractivity contribution in [3.63, 3.8) is 0 Å². The van der Waals surface area contributed by atoms with Crippen LogP contribution in [0.5, 0.6) is 0 Å². The SMILES string of the molecule is CCCS(=O)(=O)c1cc(C=O)cc(S(=O)(=O)CCC)c1. The maximum atomic E-state index is 12.0. The molecule has 20 heavy (non-hydrogen) atoms. The first kappa shape index (κ1) is 16.8. The second-order valence-electron chi connectivity index (χ2n) is 4.49. The summed E-state index contributed by atoms with van der Waals surface area (Å²) in [6.45, 7) is 3.44. The summed E-state index contributed by atoms with van der Waals surface area (Å²) in [7, 11) is -7.13. The molecule has 5 nitrogen and oxygen atoms in total. The highest BCUT2D eigenvalue weighted by molar-refractivity contribution is 7.92. The van der Waals surface area contributed by atoms with Gasteiger partial charge in [0.2, 0.25) is 0 Å². The van der Waals surface area contributed by atoms with Gasteiger partial charge in [0.25, 0.3) is 0 Å². The molecule has 7 heteroatoms. The molecular weight excluding hydrogens is 300 g/mol. The molecule has 0 aliphatic rings. The fourth-order valence-corrected chi connectivity index (χ4v) is 4.66. The molecule has 0 atom stereocenters. The summed E-state index contributed by atoms with van der Waals surface area (Å²) in [4.78, 5) is 10.7. The van der Waals surface area contributed by atoms with Crippen LogP contribution >= 0.6 is 0 Å². The van der Waals surface area contributed by atoms with E-state index in [2.05, 4.69) is 0 Å². The topological polar surface area (TPSA) is 85.3 Å². The molecule has 0 radical (unpaired) electrons. The molecule has 0 fully saturated rings. The molecule has 1 aromatic carbocycles. The van der Waals surface area contributed by atoms with Gasteiger partial charge in [-0.15, -0.1) is 0 Å². The van der Waals surface area contributed by atoms with Crippen LogP contribution in [0.4, 0.5) is 0 Å². The van der Waals surface area contributed by atoms with Gasteiger partial charge in [-0.05, 0) is 31.0 Å². The molecule has 0 saturated carbocycles. The highest BCUT2D eigenvalue weighted by Gasteiger charge is 2.20. The summed E-state index contributed by atoms with van der Waals surface area (Å²) >= 11 is 0. The summed E-state index contributed by atoms with van der Waals surface area (Å²) in [6, 6.07) is 3.56. The van der Waals surface area contributed by atoms with E-state index in [0.29, 0.717) is 19.1 Å². The first-order valence-corrected chi connectivity index (χ1v) is 9.63. The summed E-state index contributed by atoms with van der Waals surface area (Å²) in [5.74, 6) is -0.162. The summed E-state index contributed by atoms with van der Waals surface area (Å²) < 4.78 is 48.1. The number of hydrogen-bond donors (Lipinski definition) is 0. The molecule has 1 rings (SSSR count). The maximum Gasteiger partial charge on any atom is 0.178 e. The van der Waals surface area contributed by atoms with E-state index in [0.717, 1.165) is 6.07 Å². The van der Waals surface area contributed by atoms with Crippen molar-refractivity contribution in [1.82, 2.24) is 0 Å². The maximum absolute atomic E-state index is 12.0. The number of carbonyl (C=O) groups excluding carboxylic acids is 1. The fraction of sp³-hybridized carbons (Fsp3) is 0.462. The summed E-state index contributed by atoms with van der Waals surface area (Å²) in [5.41, 5.74) is 0.0526. The average Bonchev–Trinajstić information content (AvgIpc) is 2.38. The zero-order valence-corrected chi connectivity index (χ0v) is 13.1. The molecule has 0 aliphatic carbocycles. The van der Waals surface area contributed by atoms with E-state index in [-0.39, 0.29) is 26.9 Å². The van der Waals surface area contributed by atoms with Crippen molar-refractivity contribution in [2.45, 2.75) is 36.5 Å². The largest absolute Gasteiger partial charge is 0.298 e. The van der Waals surface area contributed by atoms with Crippen LogP contribution in [-0.2, 0) is 19.7 Å². The van der Waals surface area contributed by atoms with Crippen LogP contribution in [0.2, 0.25) is 0 Å². The minimum Gasteiger partial charge on any atom is -0.298 e. The first-order valence-electron chi connectivity index (χ1n) is 6.32. The van der Waals surface area contributed by atoms with Crippen LogP contribution in [0.1, 0.15) is 37.0 Å². The van der Waals surface area contributed by atoms with E-state index in [1.807, 2.05) is 0 Å². The van der Waals surface area contributed by atoms with E-state index in [1.54, 1.807) is 13.8 Å². The van der Waals surface area contributed by atoms with Crippen molar-refractivity contribution in [2.24, 2.45) is 0 Å². The van der Waals surface area contributed by atoms with E-state index in [1.165, 1.54) is 12.1 Å². The lowest BCUT2D eigenvalue weighted by Gasteiger charge is -2.08. The zero-order chi connectivity index (χ0) is 15.4. The number of hydrogen-bond acceptors (Lipinski definition) is 5. The van der Waals surface area contributed by atoms with Crippen molar-refractivity contribution in [3.8, 4) is 0 Å². The highest BCUT2D eigenvalue weighted by atomic mass is 32.2. The Morgan fingerprint density at radius 1 is 0.850 bits per heavy atom. The Bertz CT molecular complexity index is 633. The zero-order valence-electron chi connectivity index (χ0n) is 11.5. The van der Waals surface area contributed by atoms with Crippen molar-refractivity contribution in [3.05, 3.63) is 23.8 Å². The fourth-order valence-electron chi connectivity index (χ4n) is 1.79. The predicted octanol–water partition coefficient (Wildman–Crippen LogP) is 1.87. The first-order chi connectivity index (χ1) is 9.26. The predicted molar refractivity (Wildman–Crippen MR) is 76.5 cm³/mol. The molecule has 1 aromatic rings. The number of carbonyl (C=O) groups is 1. The molecule has 0 heterocycles. The average molecular weight is 318 g/mol. The van der Waals surface area contributed by atoms with Gasteiger partial charge in [0, 0.05) is 5.56 Å². The molecular formula is C13H18O5S2. The Labute approximate surface area is 119 Å². The Hall–Kier alpha value is -1.21. The molecule has 0 saturated heterocycles. The molecule has 0 aliphatic heterocycles. The molecule has 0 bridgehead atoms. The Morgan fingerprint density at radius 3 is 1.55 bits per heavy atom. The third-order valence-electron chi connectivity index (χ3n) is 2.70. The van der Waals surface area contributed by atoms with Gasteiger partial charge >= 0.3 is 0 Å². The van der Waals surface area contributed by atoms with Gasteiger partial charge in [-0.1, -0.05) is 13.8 Å².